The van der Waals surface area contributed by atoms with Crippen LogP contribution in [0.25, 0.3) is 22.3 Å². The molecule has 2 bridgehead atoms. The van der Waals surface area contributed by atoms with E-state index in [2.05, 4.69) is 5.32 Å². The van der Waals surface area contributed by atoms with Gasteiger partial charge >= 0.3 is 5.97 Å². The fraction of sp³-hybridized carbons (Fsp3) is 0.484. The van der Waals surface area contributed by atoms with Gasteiger partial charge in [0.25, 0.3) is 5.56 Å². The smallest absolute Gasteiger partial charge is 0.343 e. The van der Waals surface area contributed by atoms with Crippen molar-refractivity contribution in [2.75, 3.05) is 0 Å². The number of ether oxygens (including phenoxy) is 1. The quantitative estimate of drug-likeness (QED) is 0.329. The first kappa shape index (κ1) is 25.1. The summed E-state index contributed by atoms with van der Waals surface area (Å²) in [6, 6.07) is 2.75. The van der Waals surface area contributed by atoms with Crippen molar-refractivity contribution < 1.29 is 23.8 Å². The molecule has 1 aromatic carbocycles. The Morgan fingerprint density at radius 3 is 2.73 bits per heavy atom. The van der Waals surface area contributed by atoms with Crippen LogP contribution in [-0.2, 0) is 39.5 Å². The number of nitrogens with one attached hydrogen (secondary N) is 1. The Balaban J connectivity index is 1.32. The molecule has 3 atom stereocenters. The van der Waals surface area contributed by atoms with Gasteiger partial charge in [0.15, 0.2) is 5.60 Å². The molecule has 2 aromatic heterocycles. The molecule has 41 heavy (non-hydrogen) atoms. The number of carbonyl (C=O) groups excluding carboxylic acids is 2. The van der Waals surface area contributed by atoms with Gasteiger partial charge in [-0.15, -0.1) is 0 Å². The normalized spacial score (nSPS) is 30.4. The first-order valence-electron chi connectivity index (χ1n) is 14.4. The van der Waals surface area contributed by atoms with Crippen molar-refractivity contribution in [3.63, 3.8) is 0 Å². The number of amides is 1. The molecule has 1 amide bonds. The van der Waals surface area contributed by atoms with Crippen LogP contribution in [0.2, 0.25) is 0 Å². The summed E-state index contributed by atoms with van der Waals surface area (Å²) in [5.41, 5.74) is 8.88. The molecule has 9 rings (SSSR count). The number of cyclic esters (lactones) is 1. The highest BCUT2D eigenvalue weighted by molar-refractivity contribution is 5.94. The van der Waals surface area contributed by atoms with Gasteiger partial charge in [0.05, 0.1) is 35.1 Å². The van der Waals surface area contributed by atoms with Crippen LogP contribution in [0.1, 0.15) is 78.5 Å². The zero-order valence-electron chi connectivity index (χ0n) is 23.0. The second kappa shape index (κ2) is 8.01. The number of esters is 1. The highest BCUT2D eigenvalue weighted by atomic mass is 19.1. The molecule has 4 N–H and O–H groups in total. The largest absolute Gasteiger partial charge is 0.458 e. The van der Waals surface area contributed by atoms with Gasteiger partial charge in [-0.3, -0.25) is 9.59 Å². The monoisotopic (exact) mass is 558 g/mol. The van der Waals surface area contributed by atoms with E-state index in [1.807, 2.05) is 0 Å². The van der Waals surface area contributed by atoms with Gasteiger partial charge in [0.1, 0.15) is 12.4 Å². The Morgan fingerprint density at radius 1 is 1.24 bits per heavy atom. The maximum atomic E-state index is 15.1. The molecule has 4 aliphatic carbocycles. The number of halogens is 1. The topological polar surface area (TPSA) is 137 Å². The van der Waals surface area contributed by atoms with E-state index in [1.54, 1.807) is 24.5 Å². The average Bonchev–Trinajstić information content (AvgIpc) is 3.59. The second-order valence-electron chi connectivity index (χ2n) is 12.8. The summed E-state index contributed by atoms with van der Waals surface area (Å²) in [5.74, 6) is -0.941. The number of rotatable bonds is 3. The molecule has 3 aromatic rings. The molecule has 3 fully saturated rings. The summed E-state index contributed by atoms with van der Waals surface area (Å²) in [4.78, 5) is 44.8. The highest BCUT2D eigenvalue weighted by Crippen LogP contribution is 2.54. The van der Waals surface area contributed by atoms with E-state index in [0.29, 0.717) is 47.6 Å². The first-order valence-corrected chi connectivity index (χ1v) is 14.4. The summed E-state index contributed by atoms with van der Waals surface area (Å²) in [5, 5.41) is 15.4. The summed E-state index contributed by atoms with van der Waals surface area (Å²) in [7, 11) is 0. The van der Waals surface area contributed by atoms with Gasteiger partial charge in [-0.25, -0.2) is 14.2 Å². The fourth-order valence-electron chi connectivity index (χ4n) is 8.32. The molecule has 212 valence electrons. The minimum Gasteiger partial charge on any atom is -0.458 e. The molecular formula is C31H31FN4O5. The number of benzene rings is 1. The number of aliphatic hydroxyl groups is 1. The summed E-state index contributed by atoms with van der Waals surface area (Å²) in [6.07, 6.45) is 3.68. The molecule has 6 aliphatic rings. The Morgan fingerprint density at radius 2 is 2.02 bits per heavy atom. The zero-order chi connectivity index (χ0) is 28.6. The predicted molar refractivity (Wildman–Crippen MR) is 146 cm³/mol. The Hall–Kier alpha value is -3.63. The lowest BCUT2D eigenvalue weighted by Crippen LogP contribution is -2.44. The number of pyridine rings is 2. The third kappa shape index (κ3) is 3.17. The highest BCUT2D eigenvalue weighted by Gasteiger charge is 2.56. The van der Waals surface area contributed by atoms with Crippen LogP contribution in [0.3, 0.4) is 0 Å². The molecule has 3 saturated carbocycles. The molecule has 4 heterocycles. The standard InChI is InChI=1S/C31H31FN4O5/c1-3-31(40)19-6-23-26-17(11-36(23)28(38)18(19)12-41-29(31)39)25-21(35-27(37)16-10-30(33)8-14(16)9-30)5-4-15-13(2)20(32)7-22(34-26)24(15)25/h6-7,14,16,21,40H,3-5,8-12,33H2,1-2H3,(H,35,37)/t14?,16?,21-,30?,31-/m0/s1. The maximum absolute atomic E-state index is 15.1. The van der Waals surface area contributed by atoms with E-state index in [0.717, 1.165) is 34.9 Å². The molecule has 9 nitrogen and oxygen atoms in total. The number of carbonyl (C=O) groups is 2. The molecule has 1 unspecified atom stereocenters. The molecular weight excluding hydrogens is 527 g/mol. The molecule has 0 saturated heterocycles. The SMILES string of the molecule is CC[C@@]1(O)C(=O)OCc2c1cc1n(c2=O)Cc2c-1nc1cc(F)c(C)c3c1c2[C@@H](NC(=O)C1CC2(N)CC1C2)CC3. The van der Waals surface area contributed by atoms with Gasteiger partial charge < -0.3 is 25.5 Å². The maximum Gasteiger partial charge on any atom is 0.343 e. The van der Waals surface area contributed by atoms with Gasteiger partial charge in [0, 0.05) is 34.0 Å². The predicted octanol–water partition coefficient (Wildman–Crippen LogP) is 2.76. The van der Waals surface area contributed by atoms with E-state index in [1.165, 1.54) is 6.07 Å². The van der Waals surface area contributed by atoms with Crippen molar-refractivity contribution in [2.45, 2.75) is 82.7 Å². The molecule has 0 spiro atoms. The summed E-state index contributed by atoms with van der Waals surface area (Å²) < 4.78 is 21.9. The lowest BCUT2D eigenvalue weighted by molar-refractivity contribution is -0.172. The lowest BCUT2D eigenvalue weighted by Gasteiger charge is -2.34. The lowest BCUT2D eigenvalue weighted by atomic mass is 9.77. The molecule has 10 heteroatoms. The van der Waals surface area contributed by atoms with Crippen LogP contribution in [0.15, 0.2) is 16.9 Å². The Kier molecular flexibility index (Phi) is 4.91. The van der Waals surface area contributed by atoms with E-state index >= 15 is 4.39 Å². The third-order valence-corrected chi connectivity index (χ3v) is 10.6. The molecule has 2 aliphatic heterocycles. The van der Waals surface area contributed by atoms with E-state index < -0.39 is 11.6 Å². The fourth-order valence-corrected chi connectivity index (χ4v) is 8.32. The number of hydrogen-bond donors (Lipinski definition) is 3. The average molecular weight is 559 g/mol. The zero-order valence-corrected chi connectivity index (χ0v) is 23.0. The van der Waals surface area contributed by atoms with Crippen LogP contribution in [0.5, 0.6) is 0 Å². The van der Waals surface area contributed by atoms with Crippen LogP contribution in [0.4, 0.5) is 4.39 Å². The second-order valence-corrected chi connectivity index (χ2v) is 12.8. The van der Waals surface area contributed by atoms with Gasteiger partial charge in [-0.05, 0) is 74.1 Å². The van der Waals surface area contributed by atoms with Crippen molar-refractivity contribution >= 4 is 22.8 Å². The third-order valence-electron chi connectivity index (χ3n) is 10.6. The van der Waals surface area contributed by atoms with Crippen molar-refractivity contribution in [3.05, 3.63) is 61.7 Å². The summed E-state index contributed by atoms with van der Waals surface area (Å²) >= 11 is 0. The minimum atomic E-state index is -1.94. The Bertz CT molecular complexity index is 1810. The number of nitrogens with zero attached hydrogens (tertiary/aromatic N) is 2. The van der Waals surface area contributed by atoms with E-state index in [-0.39, 0.29) is 65.5 Å². The van der Waals surface area contributed by atoms with Crippen molar-refractivity contribution in [3.8, 4) is 11.4 Å². The molecule has 0 radical (unpaired) electrons. The van der Waals surface area contributed by atoms with Crippen LogP contribution in [0, 0.1) is 24.6 Å². The van der Waals surface area contributed by atoms with Gasteiger partial charge in [-0.2, -0.15) is 0 Å². The number of nitrogens with two attached hydrogens (primary N) is 1. The number of hydrogen-bond acceptors (Lipinski definition) is 7. The summed E-state index contributed by atoms with van der Waals surface area (Å²) in [6.45, 7) is 3.42. The first-order chi connectivity index (χ1) is 19.5. The van der Waals surface area contributed by atoms with E-state index in [4.69, 9.17) is 15.5 Å². The van der Waals surface area contributed by atoms with Gasteiger partial charge in [0.2, 0.25) is 5.91 Å². The number of aromatic nitrogens is 2. The van der Waals surface area contributed by atoms with Crippen molar-refractivity contribution in [1.82, 2.24) is 14.9 Å². The minimum absolute atomic E-state index is 0.00219. The Labute approximate surface area is 234 Å². The van der Waals surface area contributed by atoms with Crippen molar-refractivity contribution in [1.29, 1.82) is 0 Å². The van der Waals surface area contributed by atoms with Crippen LogP contribution < -0.4 is 16.6 Å². The van der Waals surface area contributed by atoms with Crippen LogP contribution >= 0.6 is 0 Å². The van der Waals surface area contributed by atoms with Gasteiger partial charge in [-0.1, -0.05) is 6.92 Å². The number of fused-ring (bicyclic) bond motifs is 6. The number of aryl methyl sites for hydroxylation is 1. The van der Waals surface area contributed by atoms with Crippen molar-refractivity contribution in [2.24, 2.45) is 17.6 Å². The van der Waals surface area contributed by atoms with E-state index in [9.17, 15) is 19.5 Å². The van der Waals surface area contributed by atoms with Crippen LogP contribution in [-0.4, -0.2) is 32.1 Å².